The lowest BCUT2D eigenvalue weighted by molar-refractivity contribution is 0.673. The number of fused-ring (bicyclic) bond motifs is 12. The van der Waals surface area contributed by atoms with Gasteiger partial charge in [0.2, 0.25) is 0 Å². The van der Waals surface area contributed by atoms with Gasteiger partial charge in [-0.25, -0.2) is 4.98 Å². The van der Waals surface area contributed by atoms with Gasteiger partial charge in [-0.3, -0.25) is 0 Å². The summed E-state index contributed by atoms with van der Waals surface area (Å²) in [4.78, 5) is 5.11. The fraction of sp³-hybridized carbons (Fsp3) is 0. The molecule has 0 atom stereocenters. The largest absolute Gasteiger partial charge is 0.455 e. The van der Waals surface area contributed by atoms with Gasteiger partial charge in [0, 0.05) is 53.8 Å². The first kappa shape index (κ1) is 28.4. The average Bonchev–Trinajstić information content (AvgIpc) is 3.88. The van der Waals surface area contributed by atoms with E-state index in [4.69, 9.17) is 9.40 Å². The van der Waals surface area contributed by atoms with Crippen LogP contribution in [0.1, 0.15) is 0 Å². The third kappa shape index (κ3) is 4.27. The van der Waals surface area contributed by atoms with Crippen LogP contribution in [0, 0.1) is 0 Å². The fourth-order valence-corrected chi connectivity index (χ4v) is 9.10. The normalized spacial score (nSPS) is 11.9. The van der Waals surface area contributed by atoms with E-state index in [2.05, 4.69) is 162 Å². The molecule has 3 nitrogen and oxygen atoms in total. The van der Waals surface area contributed by atoms with E-state index in [0.717, 1.165) is 55.9 Å². The van der Waals surface area contributed by atoms with Gasteiger partial charge in [-0.15, -0.1) is 11.3 Å². The minimum Gasteiger partial charge on any atom is -0.455 e. The Morgan fingerprint density at radius 1 is 0.471 bits per heavy atom. The zero-order valence-electron chi connectivity index (χ0n) is 27.4. The second kappa shape index (κ2) is 11.0. The molecule has 0 spiro atoms. The molecule has 0 N–H and O–H groups in total. The Morgan fingerprint density at radius 2 is 1.08 bits per heavy atom. The second-order valence-corrected chi connectivity index (χ2v) is 14.1. The molecule has 11 aromatic rings. The Kier molecular flexibility index (Phi) is 6.12. The number of rotatable bonds is 4. The lowest BCUT2D eigenvalue weighted by Crippen LogP contribution is -1.95. The second-order valence-electron chi connectivity index (χ2n) is 13.1. The van der Waals surface area contributed by atoms with Crippen molar-refractivity contribution < 1.29 is 4.42 Å². The highest BCUT2D eigenvalue weighted by Crippen LogP contribution is 2.50. The lowest BCUT2D eigenvalue weighted by Gasteiger charge is -2.13. The molecule has 0 radical (unpaired) electrons. The molecule has 0 saturated heterocycles. The molecular weight excluding hydrogens is 641 g/mol. The highest BCUT2D eigenvalue weighted by atomic mass is 32.1. The smallest absolute Gasteiger partial charge is 0.154 e. The van der Waals surface area contributed by atoms with E-state index < -0.39 is 0 Å². The number of hydrogen-bond acceptors (Lipinski definition) is 3. The molecule has 4 heteroatoms. The van der Waals surface area contributed by atoms with Crippen LogP contribution in [-0.2, 0) is 0 Å². The number of nitrogens with zero attached hydrogens (tertiary/aromatic N) is 2. The predicted molar refractivity (Wildman–Crippen MR) is 215 cm³/mol. The topological polar surface area (TPSA) is 31.0 Å². The van der Waals surface area contributed by atoms with E-state index in [1.807, 2.05) is 23.5 Å². The van der Waals surface area contributed by atoms with Crippen molar-refractivity contribution in [3.05, 3.63) is 170 Å². The van der Waals surface area contributed by atoms with Crippen molar-refractivity contribution >= 4 is 75.3 Å². The number of thiophene rings is 1. The molecule has 0 unspecified atom stereocenters. The van der Waals surface area contributed by atoms with Crippen LogP contribution in [0.4, 0.5) is 0 Å². The maximum absolute atomic E-state index is 6.71. The van der Waals surface area contributed by atoms with Gasteiger partial charge in [0.25, 0.3) is 0 Å². The quantitative estimate of drug-likeness (QED) is 0.187. The Hall–Kier alpha value is -6.49. The third-order valence-corrected chi connectivity index (χ3v) is 11.4. The van der Waals surface area contributed by atoms with Crippen LogP contribution in [0.15, 0.2) is 174 Å². The van der Waals surface area contributed by atoms with Gasteiger partial charge >= 0.3 is 0 Å². The van der Waals surface area contributed by atoms with Crippen molar-refractivity contribution in [1.82, 2.24) is 9.55 Å². The first-order valence-electron chi connectivity index (χ1n) is 17.2. The number of aromatic nitrogens is 2. The molecule has 238 valence electrons. The summed E-state index contributed by atoms with van der Waals surface area (Å²) in [5.74, 6) is 0. The van der Waals surface area contributed by atoms with Gasteiger partial charge < -0.3 is 8.98 Å². The van der Waals surface area contributed by atoms with Crippen molar-refractivity contribution in [2.45, 2.75) is 0 Å². The minimum absolute atomic E-state index is 0.919. The summed E-state index contributed by atoms with van der Waals surface area (Å²) in [5.41, 5.74) is 11.8. The van der Waals surface area contributed by atoms with E-state index >= 15 is 0 Å². The molecule has 0 aliphatic heterocycles. The number of hydrogen-bond donors (Lipinski definition) is 0. The van der Waals surface area contributed by atoms with Crippen LogP contribution >= 0.6 is 11.3 Å². The summed E-state index contributed by atoms with van der Waals surface area (Å²) in [5, 5.41) is 7.29. The molecule has 51 heavy (non-hydrogen) atoms. The Balaban J connectivity index is 1.18. The van der Waals surface area contributed by atoms with Gasteiger partial charge in [0.1, 0.15) is 5.58 Å². The van der Waals surface area contributed by atoms with Gasteiger partial charge in [-0.05, 0) is 53.6 Å². The van der Waals surface area contributed by atoms with Gasteiger partial charge in [0.05, 0.1) is 27.1 Å². The predicted octanol–water partition coefficient (Wildman–Crippen LogP) is 13.4. The van der Waals surface area contributed by atoms with Crippen molar-refractivity contribution in [2.75, 3.05) is 0 Å². The van der Waals surface area contributed by atoms with Gasteiger partial charge in [0.15, 0.2) is 5.58 Å². The van der Waals surface area contributed by atoms with E-state index in [9.17, 15) is 0 Å². The fourth-order valence-electron chi connectivity index (χ4n) is 7.91. The van der Waals surface area contributed by atoms with Crippen LogP contribution < -0.4 is 0 Å². The van der Waals surface area contributed by atoms with Crippen molar-refractivity contribution in [1.29, 1.82) is 0 Å². The van der Waals surface area contributed by atoms with E-state index in [1.165, 1.54) is 47.4 Å². The summed E-state index contributed by atoms with van der Waals surface area (Å²) in [6.45, 7) is 0. The minimum atomic E-state index is 0.919. The molecule has 11 rings (SSSR count). The molecule has 0 aliphatic rings. The summed E-state index contributed by atoms with van der Waals surface area (Å²) in [7, 11) is 0. The van der Waals surface area contributed by atoms with Crippen LogP contribution in [0.25, 0.3) is 103 Å². The molecule has 0 bridgehead atoms. The first-order valence-corrected chi connectivity index (χ1v) is 18.0. The monoisotopic (exact) mass is 668 g/mol. The summed E-state index contributed by atoms with van der Waals surface area (Å²) in [6, 6.07) is 60.4. The zero-order chi connectivity index (χ0) is 33.5. The number of pyridine rings is 1. The van der Waals surface area contributed by atoms with E-state index in [0.29, 0.717) is 0 Å². The number of benzene rings is 7. The summed E-state index contributed by atoms with van der Waals surface area (Å²) in [6.07, 6.45) is 0. The summed E-state index contributed by atoms with van der Waals surface area (Å²) < 4.78 is 11.6. The van der Waals surface area contributed by atoms with Crippen molar-refractivity contribution in [3.63, 3.8) is 0 Å². The molecule has 0 aliphatic carbocycles. The molecular formula is C47H28N2OS. The third-order valence-electron chi connectivity index (χ3n) is 10.2. The molecule has 0 saturated carbocycles. The highest BCUT2D eigenvalue weighted by Gasteiger charge is 2.25. The highest BCUT2D eigenvalue weighted by molar-refractivity contribution is 7.26. The van der Waals surface area contributed by atoms with E-state index in [1.54, 1.807) is 0 Å². The molecule has 0 amide bonds. The SMILES string of the molecule is c1ccc(-c2cc(-c3ccc(-n4c5ccccc5c5c6c7ccccc7oc6c6sc7ccccc7c6c54)cc3)cc(-c3ccccc3)n2)cc1. The van der Waals surface area contributed by atoms with E-state index in [-0.39, 0.29) is 0 Å². The zero-order valence-corrected chi connectivity index (χ0v) is 28.2. The molecule has 0 fully saturated rings. The van der Waals surface area contributed by atoms with Gasteiger partial charge in [-0.1, -0.05) is 127 Å². The maximum atomic E-state index is 6.71. The molecule has 7 aromatic carbocycles. The molecule has 4 heterocycles. The van der Waals surface area contributed by atoms with Gasteiger partial charge in [-0.2, -0.15) is 0 Å². The van der Waals surface area contributed by atoms with Crippen molar-refractivity contribution in [3.8, 4) is 39.3 Å². The van der Waals surface area contributed by atoms with Crippen LogP contribution in [0.5, 0.6) is 0 Å². The van der Waals surface area contributed by atoms with Crippen LogP contribution in [0.3, 0.4) is 0 Å². The number of furan rings is 1. The Labute approximate surface area is 297 Å². The van der Waals surface area contributed by atoms with Crippen molar-refractivity contribution in [2.24, 2.45) is 0 Å². The molecule has 4 aromatic heterocycles. The average molecular weight is 669 g/mol. The Morgan fingerprint density at radius 3 is 1.80 bits per heavy atom. The van der Waals surface area contributed by atoms with Crippen LogP contribution in [0.2, 0.25) is 0 Å². The standard InChI is InChI=1S/C47H28N2OS/c1-3-13-30(14-4-1)37-27-32(28-38(48-37)31-15-5-2-6-16-31)29-23-25-33(26-24-29)49-39-20-10-7-17-34(39)42-43-35-18-8-11-21-40(35)50-46(43)47-44(45(42)49)36-19-9-12-22-41(36)51-47/h1-28H. The maximum Gasteiger partial charge on any atom is 0.154 e. The Bertz CT molecular complexity index is 3060. The number of para-hydroxylation sites is 2. The summed E-state index contributed by atoms with van der Waals surface area (Å²) >= 11 is 1.82. The first-order chi connectivity index (χ1) is 25.3. The lowest BCUT2D eigenvalue weighted by atomic mass is 9.99. The van der Waals surface area contributed by atoms with Crippen LogP contribution in [-0.4, -0.2) is 9.55 Å².